The van der Waals surface area contributed by atoms with Crippen molar-refractivity contribution < 1.29 is 4.39 Å². The maximum Gasteiger partial charge on any atom is 0.123 e. The van der Waals surface area contributed by atoms with Crippen LogP contribution >= 0.6 is 12.4 Å². The van der Waals surface area contributed by atoms with Gasteiger partial charge in [-0.05, 0) is 49.2 Å². The van der Waals surface area contributed by atoms with Gasteiger partial charge in [-0.15, -0.1) is 12.4 Å². The van der Waals surface area contributed by atoms with Gasteiger partial charge in [0.25, 0.3) is 0 Å². The normalized spacial score (nSPS) is 15.5. The molecule has 1 aromatic rings. The first-order chi connectivity index (χ1) is 5.86. The third-order valence-electron chi connectivity index (χ3n) is 2.31. The highest BCUT2D eigenvalue weighted by Crippen LogP contribution is 2.14. The summed E-state index contributed by atoms with van der Waals surface area (Å²) in [6.07, 6.45) is 1.97. The van der Waals surface area contributed by atoms with Crippen LogP contribution in [0.15, 0.2) is 18.2 Å². The molecule has 1 aliphatic heterocycles. The number of hydrogen-bond donors (Lipinski definition) is 1. The fraction of sp³-hybridized carbons (Fsp3) is 0.400. The van der Waals surface area contributed by atoms with E-state index in [4.69, 9.17) is 0 Å². The maximum absolute atomic E-state index is 12.8. The standard InChI is InChI=1S/C10H12FN.ClH/c11-10-2-1-8-3-5-12-6-4-9(8)7-10;/h1-2,7,12H,3-6H2;1H. The summed E-state index contributed by atoms with van der Waals surface area (Å²) in [5.41, 5.74) is 2.46. The zero-order valence-electron chi connectivity index (χ0n) is 7.35. The molecule has 0 atom stereocenters. The second-order valence-corrected chi connectivity index (χ2v) is 3.16. The number of hydrogen-bond acceptors (Lipinski definition) is 1. The first-order valence-corrected chi connectivity index (χ1v) is 4.34. The molecule has 0 aliphatic carbocycles. The van der Waals surface area contributed by atoms with Crippen LogP contribution in [0.5, 0.6) is 0 Å². The Labute approximate surface area is 83.8 Å². The average Bonchev–Trinajstić information content (AvgIpc) is 2.28. The van der Waals surface area contributed by atoms with Crippen molar-refractivity contribution in [2.75, 3.05) is 13.1 Å². The third kappa shape index (κ3) is 2.42. The Morgan fingerprint density at radius 3 is 2.54 bits per heavy atom. The highest BCUT2D eigenvalue weighted by molar-refractivity contribution is 5.85. The van der Waals surface area contributed by atoms with Gasteiger partial charge in [-0.1, -0.05) is 6.07 Å². The Morgan fingerprint density at radius 1 is 1.08 bits per heavy atom. The molecule has 0 spiro atoms. The molecule has 2 rings (SSSR count). The van der Waals surface area contributed by atoms with Crippen LogP contribution in [0.25, 0.3) is 0 Å². The molecular formula is C10H13ClFN. The Bertz CT molecular complexity index is 288. The molecule has 0 amide bonds. The van der Waals surface area contributed by atoms with Gasteiger partial charge >= 0.3 is 0 Å². The molecule has 1 N–H and O–H groups in total. The van der Waals surface area contributed by atoms with E-state index in [-0.39, 0.29) is 18.2 Å². The Morgan fingerprint density at radius 2 is 1.77 bits per heavy atom. The lowest BCUT2D eigenvalue weighted by Gasteiger charge is -2.03. The SMILES string of the molecule is Cl.Fc1ccc2c(c1)CCNCC2. The van der Waals surface area contributed by atoms with Crippen LogP contribution in [-0.4, -0.2) is 13.1 Å². The van der Waals surface area contributed by atoms with Crippen LogP contribution < -0.4 is 5.32 Å². The van der Waals surface area contributed by atoms with Crippen LogP contribution in [0.4, 0.5) is 4.39 Å². The van der Waals surface area contributed by atoms with E-state index < -0.39 is 0 Å². The Hall–Kier alpha value is -0.600. The van der Waals surface area contributed by atoms with Crippen molar-refractivity contribution in [2.45, 2.75) is 12.8 Å². The summed E-state index contributed by atoms with van der Waals surface area (Å²) in [7, 11) is 0. The zero-order chi connectivity index (χ0) is 8.39. The summed E-state index contributed by atoms with van der Waals surface area (Å²) in [6, 6.07) is 5.10. The molecule has 72 valence electrons. The van der Waals surface area contributed by atoms with Gasteiger partial charge in [0.2, 0.25) is 0 Å². The van der Waals surface area contributed by atoms with E-state index >= 15 is 0 Å². The van der Waals surface area contributed by atoms with Gasteiger partial charge in [-0.2, -0.15) is 0 Å². The predicted molar refractivity (Wildman–Crippen MR) is 53.9 cm³/mol. The highest BCUT2D eigenvalue weighted by Gasteiger charge is 2.07. The minimum Gasteiger partial charge on any atom is -0.316 e. The summed E-state index contributed by atoms with van der Waals surface area (Å²) in [5, 5.41) is 3.29. The first kappa shape index (κ1) is 10.5. The molecule has 0 unspecified atom stereocenters. The van der Waals surface area contributed by atoms with Crippen LogP contribution in [0.2, 0.25) is 0 Å². The number of fused-ring (bicyclic) bond motifs is 1. The summed E-state index contributed by atoms with van der Waals surface area (Å²) in [6.45, 7) is 1.98. The second-order valence-electron chi connectivity index (χ2n) is 3.16. The van der Waals surface area contributed by atoms with Crippen LogP contribution in [0.1, 0.15) is 11.1 Å². The molecule has 0 bridgehead atoms. The predicted octanol–water partition coefficient (Wildman–Crippen LogP) is 1.94. The largest absolute Gasteiger partial charge is 0.316 e. The summed E-state index contributed by atoms with van der Waals surface area (Å²) < 4.78 is 12.8. The molecule has 0 saturated carbocycles. The van der Waals surface area contributed by atoms with Gasteiger partial charge in [0, 0.05) is 0 Å². The van der Waals surface area contributed by atoms with Gasteiger partial charge in [0.15, 0.2) is 0 Å². The van der Waals surface area contributed by atoms with Crippen LogP contribution in [-0.2, 0) is 12.8 Å². The van der Waals surface area contributed by atoms with Crippen molar-refractivity contribution in [3.8, 4) is 0 Å². The van der Waals surface area contributed by atoms with Gasteiger partial charge in [0.1, 0.15) is 5.82 Å². The Kier molecular flexibility index (Phi) is 3.70. The molecule has 3 heteroatoms. The minimum atomic E-state index is -0.115. The lowest BCUT2D eigenvalue weighted by Crippen LogP contribution is -2.16. The lowest BCUT2D eigenvalue weighted by atomic mass is 10.0. The average molecular weight is 202 g/mol. The molecule has 0 saturated heterocycles. The summed E-state index contributed by atoms with van der Waals surface area (Å²) in [4.78, 5) is 0. The van der Waals surface area contributed by atoms with Crippen molar-refractivity contribution in [2.24, 2.45) is 0 Å². The molecule has 1 aliphatic rings. The molecule has 0 radical (unpaired) electrons. The van der Waals surface area contributed by atoms with Crippen molar-refractivity contribution in [1.82, 2.24) is 5.32 Å². The first-order valence-electron chi connectivity index (χ1n) is 4.34. The molecular weight excluding hydrogens is 189 g/mol. The van der Waals surface area contributed by atoms with E-state index in [0.717, 1.165) is 25.9 Å². The van der Waals surface area contributed by atoms with E-state index in [9.17, 15) is 4.39 Å². The van der Waals surface area contributed by atoms with Gasteiger partial charge < -0.3 is 5.32 Å². The fourth-order valence-electron chi connectivity index (χ4n) is 1.64. The van der Waals surface area contributed by atoms with E-state index in [2.05, 4.69) is 5.32 Å². The van der Waals surface area contributed by atoms with Crippen molar-refractivity contribution in [1.29, 1.82) is 0 Å². The van der Waals surface area contributed by atoms with Crippen LogP contribution in [0, 0.1) is 5.82 Å². The van der Waals surface area contributed by atoms with Gasteiger partial charge in [-0.25, -0.2) is 4.39 Å². The van der Waals surface area contributed by atoms with E-state index in [1.54, 1.807) is 12.1 Å². The summed E-state index contributed by atoms with van der Waals surface area (Å²) in [5.74, 6) is -0.115. The number of nitrogens with one attached hydrogen (secondary N) is 1. The zero-order valence-corrected chi connectivity index (χ0v) is 8.16. The fourth-order valence-corrected chi connectivity index (χ4v) is 1.64. The van der Waals surface area contributed by atoms with E-state index in [0.29, 0.717) is 0 Å². The van der Waals surface area contributed by atoms with Gasteiger partial charge in [-0.3, -0.25) is 0 Å². The second kappa shape index (κ2) is 4.58. The van der Waals surface area contributed by atoms with Crippen molar-refractivity contribution >= 4 is 12.4 Å². The highest BCUT2D eigenvalue weighted by atomic mass is 35.5. The minimum absolute atomic E-state index is 0. The molecule has 1 nitrogen and oxygen atoms in total. The monoisotopic (exact) mass is 201 g/mol. The molecule has 1 aromatic carbocycles. The topological polar surface area (TPSA) is 12.0 Å². The lowest BCUT2D eigenvalue weighted by molar-refractivity contribution is 0.624. The van der Waals surface area contributed by atoms with E-state index in [1.807, 2.05) is 6.07 Å². The number of benzene rings is 1. The third-order valence-corrected chi connectivity index (χ3v) is 2.31. The molecule has 1 heterocycles. The molecule has 0 aromatic heterocycles. The maximum atomic E-state index is 12.8. The molecule has 13 heavy (non-hydrogen) atoms. The van der Waals surface area contributed by atoms with Crippen molar-refractivity contribution in [3.05, 3.63) is 35.1 Å². The smallest absolute Gasteiger partial charge is 0.123 e. The van der Waals surface area contributed by atoms with Gasteiger partial charge in [0.05, 0.1) is 0 Å². The van der Waals surface area contributed by atoms with E-state index in [1.165, 1.54) is 11.1 Å². The number of rotatable bonds is 0. The summed E-state index contributed by atoms with van der Waals surface area (Å²) >= 11 is 0. The quantitative estimate of drug-likeness (QED) is 0.677. The Balaban J connectivity index is 0.000000845. The van der Waals surface area contributed by atoms with Crippen molar-refractivity contribution in [3.63, 3.8) is 0 Å². The molecule has 0 fully saturated rings. The number of halogens is 2. The van der Waals surface area contributed by atoms with Crippen LogP contribution in [0.3, 0.4) is 0 Å².